The molecular weight excluding hydrogens is 550 g/mol. The number of nitrogens with one attached hydrogen (secondary N) is 1. The van der Waals surface area contributed by atoms with Crippen molar-refractivity contribution < 1.29 is 24.5 Å². The molecule has 2 aliphatic heterocycles. The van der Waals surface area contributed by atoms with Crippen molar-refractivity contribution in [3.8, 4) is 0 Å². The number of benzene rings is 1. The van der Waals surface area contributed by atoms with Crippen LogP contribution in [-0.4, -0.2) is 44.3 Å². The van der Waals surface area contributed by atoms with Crippen LogP contribution < -0.4 is 0 Å². The zero-order chi connectivity index (χ0) is 31.4. The van der Waals surface area contributed by atoms with Crippen molar-refractivity contribution in [2.75, 3.05) is 0 Å². The molecule has 8 atom stereocenters. The summed E-state index contributed by atoms with van der Waals surface area (Å²) < 4.78 is 12.9. The predicted octanol–water partition coefficient (Wildman–Crippen LogP) is 7.47. The van der Waals surface area contributed by atoms with E-state index in [9.17, 15) is 15.0 Å². The van der Waals surface area contributed by atoms with Crippen molar-refractivity contribution >= 4 is 22.4 Å². The molecular formula is C38H49NO5. The molecule has 0 radical (unpaired) electrons. The van der Waals surface area contributed by atoms with Crippen LogP contribution in [0.25, 0.3) is 16.5 Å². The van der Waals surface area contributed by atoms with E-state index in [0.717, 1.165) is 32.1 Å². The Balaban J connectivity index is 1.21. The summed E-state index contributed by atoms with van der Waals surface area (Å²) in [7, 11) is 0. The molecule has 4 aliphatic carbocycles. The molecule has 236 valence electrons. The van der Waals surface area contributed by atoms with Crippen LogP contribution >= 0.6 is 0 Å². The number of carboxylic acids is 1. The zero-order valence-electron chi connectivity index (χ0n) is 27.7. The first-order chi connectivity index (χ1) is 20.4. The maximum Gasteiger partial charge on any atom is 0.331 e. The normalized spacial score (nSPS) is 43.0. The summed E-state index contributed by atoms with van der Waals surface area (Å²) in [5, 5.41) is 22.9. The lowest BCUT2D eigenvalue weighted by Gasteiger charge is -2.65. The van der Waals surface area contributed by atoms with E-state index in [1.54, 1.807) is 13.0 Å². The van der Waals surface area contributed by atoms with Gasteiger partial charge in [-0.3, -0.25) is 0 Å². The third kappa shape index (κ3) is 3.46. The zero-order valence-corrected chi connectivity index (χ0v) is 27.7. The van der Waals surface area contributed by atoms with Crippen LogP contribution in [0.4, 0.5) is 0 Å². The lowest BCUT2D eigenvalue weighted by molar-refractivity contribution is -0.294. The van der Waals surface area contributed by atoms with Gasteiger partial charge >= 0.3 is 5.97 Å². The number of aliphatic hydroxyl groups is 1. The first-order valence-electron chi connectivity index (χ1n) is 16.9. The van der Waals surface area contributed by atoms with Crippen molar-refractivity contribution in [2.24, 2.45) is 28.6 Å². The van der Waals surface area contributed by atoms with Crippen LogP contribution in [-0.2, 0) is 32.5 Å². The molecule has 44 heavy (non-hydrogen) atoms. The lowest BCUT2D eigenvalue weighted by Crippen LogP contribution is -2.65. The summed E-state index contributed by atoms with van der Waals surface area (Å²) in [6, 6.07) is 4.93. The van der Waals surface area contributed by atoms with Gasteiger partial charge in [-0.25, -0.2) is 4.79 Å². The summed E-state index contributed by atoms with van der Waals surface area (Å²) in [4.78, 5) is 15.6. The van der Waals surface area contributed by atoms with Gasteiger partial charge in [-0.2, -0.15) is 0 Å². The van der Waals surface area contributed by atoms with Crippen molar-refractivity contribution in [1.29, 1.82) is 0 Å². The highest BCUT2D eigenvalue weighted by Gasteiger charge is 2.72. The van der Waals surface area contributed by atoms with E-state index in [2.05, 4.69) is 71.7 Å². The van der Waals surface area contributed by atoms with Gasteiger partial charge in [-0.05, 0) is 137 Å². The first-order valence-corrected chi connectivity index (χ1v) is 16.9. The Labute approximate surface area is 261 Å². The molecule has 1 aromatic heterocycles. The number of rotatable bonds is 2. The fourth-order valence-corrected chi connectivity index (χ4v) is 11.8. The largest absolute Gasteiger partial charge is 0.478 e. The number of aromatic nitrogens is 1. The number of H-pyrrole nitrogens is 1. The lowest BCUT2D eigenvalue weighted by atomic mass is 9.40. The van der Waals surface area contributed by atoms with Crippen molar-refractivity contribution in [2.45, 2.75) is 129 Å². The van der Waals surface area contributed by atoms with Crippen molar-refractivity contribution in [1.82, 2.24) is 4.98 Å². The van der Waals surface area contributed by atoms with Gasteiger partial charge in [0, 0.05) is 45.3 Å². The molecule has 2 saturated carbocycles. The average molecular weight is 600 g/mol. The maximum atomic E-state index is 12.0. The fraction of sp³-hybridized carbons (Fsp3) is 0.658. The molecule has 0 amide bonds. The third-order valence-corrected chi connectivity index (χ3v) is 14.0. The highest BCUT2D eigenvalue weighted by molar-refractivity contribution is 5.92. The highest BCUT2D eigenvalue weighted by Crippen LogP contribution is 2.73. The van der Waals surface area contributed by atoms with Crippen LogP contribution in [0.15, 0.2) is 29.9 Å². The van der Waals surface area contributed by atoms with Crippen LogP contribution in [0.1, 0.15) is 110 Å². The number of hydrogen-bond acceptors (Lipinski definition) is 4. The van der Waals surface area contributed by atoms with Crippen LogP contribution in [0.5, 0.6) is 0 Å². The van der Waals surface area contributed by atoms with Crippen LogP contribution in [0.3, 0.4) is 0 Å². The second-order valence-corrected chi connectivity index (χ2v) is 17.1. The summed E-state index contributed by atoms with van der Waals surface area (Å²) in [5.41, 5.74) is 7.71. The van der Waals surface area contributed by atoms with Crippen LogP contribution in [0.2, 0.25) is 0 Å². The number of hydrogen-bond donors (Lipinski definition) is 3. The molecule has 2 aromatic rings. The minimum absolute atomic E-state index is 0.0298. The Hall–Kier alpha value is -2.41. The van der Waals surface area contributed by atoms with Crippen molar-refractivity contribution in [3.05, 3.63) is 52.2 Å². The molecule has 0 bridgehead atoms. The van der Waals surface area contributed by atoms with E-state index < -0.39 is 17.2 Å². The molecule has 3 fully saturated rings. The summed E-state index contributed by atoms with van der Waals surface area (Å²) in [6.07, 6.45) is 10.1. The first kappa shape index (κ1) is 29.0. The summed E-state index contributed by atoms with van der Waals surface area (Å²) in [6.45, 7) is 17.7. The van der Waals surface area contributed by atoms with Crippen LogP contribution in [0, 0.1) is 28.6 Å². The number of ether oxygens (including phenoxy) is 2. The SMILES string of the molecule is C/C(=C\[C@@H]1C[C@@]2(C)[C@@H]3CC[C@H]4Cc5c([nH]c6cc7c(cc56)C5=CC(C)(C)OC(C)(C)[C@H]5C7)[C@]4(C)[C@@]3(C)CC[C@]2(O)O1)C(=O)O. The van der Waals surface area contributed by atoms with E-state index in [0.29, 0.717) is 24.7 Å². The molecule has 6 nitrogen and oxygen atoms in total. The minimum Gasteiger partial charge on any atom is -0.478 e. The monoisotopic (exact) mass is 599 g/mol. The van der Waals surface area contributed by atoms with Gasteiger partial charge in [0.05, 0.1) is 17.3 Å². The molecule has 0 spiro atoms. The van der Waals surface area contributed by atoms with Gasteiger partial charge in [-0.15, -0.1) is 0 Å². The molecule has 0 unspecified atom stereocenters. The topological polar surface area (TPSA) is 91.8 Å². The third-order valence-electron chi connectivity index (χ3n) is 14.0. The van der Waals surface area contributed by atoms with Gasteiger partial charge < -0.3 is 24.7 Å². The molecule has 1 saturated heterocycles. The number of fused-ring (bicyclic) bond motifs is 12. The maximum absolute atomic E-state index is 12.0. The molecule has 6 aliphatic rings. The number of carboxylic acid groups (broad SMARTS) is 1. The smallest absolute Gasteiger partial charge is 0.331 e. The molecule has 1 aromatic carbocycles. The summed E-state index contributed by atoms with van der Waals surface area (Å²) >= 11 is 0. The average Bonchev–Trinajstić information content (AvgIpc) is 3.60. The van der Waals surface area contributed by atoms with Gasteiger partial charge in [0.2, 0.25) is 0 Å². The fourth-order valence-electron chi connectivity index (χ4n) is 11.8. The Bertz CT molecular complexity index is 1690. The number of aromatic amines is 1. The van der Waals surface area contributed by atoms with Gasteiger partial charge in [-0.1, -0.05) is 20.8 Å². The minimum atomic E-state index is -1.24. The van der Waals surface area contributed by atoms with Gasteiger partial charge in [0.25, 0.3) is 0 Å². The number of aliphatic carboxylic acids is 1. The standard InChI is InChI=1S/C38H49NO5/c1-20(32(40)41)13-23-18-36(7)30-10-9-22-16-26-25-17-24-21(14-28-27(24)19-33(2,3)44-34(28,4)5)15-29(25)39-31(26)37(22,8)35(30,6)11-12-38(36,42)43-23/h13,15,17,19,22-23,28,30,39,42H,9-12,14,16,18H2,1-8H3,(H,40,41)/b20-13+/t22-,23+,28-,30+,35-,36-,37+,38-/m0/s1. The Morgan fingerprint density at radius 3 is 2.50 bits per heavy atom. The summed E-state index contributed by atoms with van der Waals surface area (Å²) in [5.74, 6) is -0.981. The molecule has 6 heteroatoms. The molecule has 3 heterocycles. The van der Waals surface area contributed by atoms with Crippen molar-refractivity contribution in [3.63, 3.8) is 0 Å². The predicted molar refractivity (Wildman–Crippen MR) is 171 cm³/mol. The van der Waals surface area contributed by atoms with Gasteiger partial charge in [0.15, 0.2) is 5.79 Å². The Morgan fingerprint density at radius 2 is 1.77 bits per heavy atom. The number of carbonyl (C=O) groups is 1. The van der Waals surface area contributed by atoms with E-state index in [1.165, 1.54) is 38.9 Å². The van der Waals surface area contributed by atoms with E-state index in [-0.39, 0.29) is 39.6 Å². The molecule has 8 rings (SSSR count). The highest BCUT2D eigenvalue weighted by atomic mass is 16.6. The van der Waals surface area contributed by atoms with E-state index in [4.69, 9.17) is 9.47 Å². The molecule has 3 N–H and O–H groups in total. The van der Waals surface area contributed by atoms with E-state index in [1.807, 2.05) is 0 Å². The van der Waals surface area contributed by atoms with E-state index >= 15 is 0 Å². The van der Waals surface area contributed by atoms with Gasteiger partial charge in [0.1, 0.15) is 0 Å². The second-order valence-electron chi connectivity index (χ2n) is 17.1. The Kier molecular flexibility index (Phi) is 5.60. The quantitative estimate of drug-likeness (QED) is 0.312. The second kappa shape index (κ2) is 8.49. The Morgan fingerprint density at radius 1 is 1.02 bits per heavy atom.